The highest BCUT2D eigenvalue weighted by molar-refractivity contribution is 14.0. The molecule has 1 saturated heterocycles. The molecule has 1 N–H and O–H groups in total. The summed E-state index contributed by atoms with van der Waals surface area (Å²) in [5, 5.41) is 3.45. The van der Waals surface area contributed by atoms with Gasteiger partial charge in [0.2, 0.25) is 0 Å². The molecule has 0 amide bonds. The third-order valence-electron chi connectivity index (χ3n) is 5.01. The van der Waals surface area contributed by atoms with Gasteiger partial charge in [0.15, 0.2) is 17.5 Å². The molecule has 1 unspecified atom stereocenters. The van der Waals surface area contributed by atoms with E-state index in [1.807, 2.05) is 25.2 Å². The number of ether oxygens (including phenoxy) is 3. The van der Waals surface area contributed by atoms with Crippen molar-refractivity contribution in [2.45, 2.75) is 19.6 Å². The number of hydrogen-bond donors (Lipinski definition) is 1. The molecule has 3 rings (SSSR count). The molecule has 0 spiro atoms. The molecule has 1 aliphatic rings. The van der Waals surface area contributed by atoms with Crippen molar-refractivity contribution in [3.05, 3.63) is 59.2 Å². The van der Waals surface area contributed by atoms with Crippen LogP contribution in [0.3, 0.4) is 0 Å². The number of aliphatic imine (C=N–C) groups is 1. The molecule has 1 heterocycles. The zero-order chi connectivity index (χ0) is 19.9. The van der Waals surface area contributed by atoms with Crippen molar-refractivity contribution in [2.24, 2.45) is 4.99 Å². The molecule has 0 saturated carbocycles. The molecule has 0 aromatic heterocycles. The fourth-order valence-electron chi connectivity index (χ4n) is 3.48. The van der Waals surface area contributed by atoms with Gasteiger partial charge in [0.25, 0.3) is 0 Å². The minimum Gasteiger partial charge on any atom is -0.493 e. The summed E-state index contributed by atoms with van der Waals surface area (Å²) in [6.45, 7) is 5.04. The quantitative estimate of drug-likeness (QED) is 0.377. The first-order valence-electron chi connectivity index (χ1n) is 9.50. The molecule has 2 aromatic carbocycles. The maximum Gasteiger partial charge on any atom is 0.194 e. The summed E-state index contributed by atoms with van der Waals surface area (Å²) in [4.78, 5) is 6.72. The molecule has 1 aliphatic heterocycles. The fraction of sp³-hybridized carbons (Fsp3) is 0.409. The van der Waals surface area contributed by atoms with Crippen LogP contribution in [0.5, 0.6) is 11.5 Å². The van der Waals surface area contributed by atoms with Crippen LogP contribution in [-0.4, -0.2) is 51.8 Å². The van der Waals surface area contributed by atoms with Crippen molar-refractivity contribution in [3.63, 3.8) is 0 Å². The minimum absolute atomic E-state index is 0. The second-order valence-electron chi connectivity index (χ2n) is 6.75. The van der Waals surface area contributed by atoms with Gasteiger partial charge < -0.3 is 24.4 Å². The number of rotatable bonds is 5. The van der Waals surface area contributed by atoms with Gasteiger partial charge in [0.05, 0.1) is 27.4 Å². The van der Waals surface area contributed by atoms with Crippen LogP contribution in [0.1, 0.15) is 22.8 Å². The van der Waals surface area contributed by atoms with Crippen LogP contribution < -0.4 is 14.8 Å². The van der Waals surface area contributed by atoms with Gasteiger partial charge in [-0.25, -0.2) is 0 Å². The lowest BCUT2D eigenvalue weighted by Crippen LogP contribution is -2.48. The molecule has 7 heteroatoms. The molecular formula is C22H30IN3O3. The number of nitrogens with one attached hydrogen (secondary N) is 1. The van der Waals surface area contributed by atoms with Gasteiger partial charge in [-0.3, -0.25) is 4.99 Å². The summed E-state index contributed by atoms with van der Waals surface area (Å²) in [7, 11) is 5.10. The predicted octanol–water partition coefficient (Wildman–Crippen LogP) is 3.78. The average Bonchev–Trinajstić information content (AvgIpc) is 2.74. The second kappa shape index (κ2) is 11.3. The first-order chi connectivity index (χ1) is 13.7. The molecule has 0 bridgehead atoms. The summed E-state index contributed by atoms with van der Waals surface area (Å²) in [6.07, 6.45) is 0.0505. The molecule has 29 heavy (non-hydrogen) atoms. The third kappa shape index (κ3) is 5.76. The normalized spacial score (nSPS) is 16.8. The first-order valence-corrected chi connectivity index (χ1v) is 9.50. The Labute approximate surface area is 190 Å². The maximum absolute atomic E-state index is 6.03. The standard InChI is InChI=1S/C22H29N3O3.HI/c1-16-7-5-6-8-18(16)21-15-25(11-12-28-21)22(23-2)24-14-17-9-10-19(26-3)20(13-17)27-4;/h5-10,13,21H,11-12,14-15H2,1-4H3,(H,23,24);1H. The molecule has 1 atom stereocenters. The largest absolute Gasteiger partial charge is 0.493 e. The number of aryl methyl sites for hydroxylation is 1. The Hall–Kier alpha value is -2.00. The SMILES string of the molecule is CN=C(NCc1ccc(OC)c(OC)c1)N1CCOC(c2ccccc2C)C1.I. The molecule has 0 radical (unpaired) electrons. The van der Waals surface area contributed by atoms with E-state index in [0.29, 0.717) is 13.2 Å². The highest BCUT2D eigenvalue weighted by Crippen LogP contribution is 2.28. The van der Waals surface area contributed by atoms with E-state index in [9.17, 15) is 0 Å². The predicted molar refractivity (Wildman–Crippen MR) is 127 cm³/mol. The zero-order valence-electron chi connectivity index (χ0n) is 17.5. The molecule has 0 aliphatic carbocycles. The summed E-state index contributed by atoms with van der Waals surface area (Å²) in [5.41, 5.74) is 3.59. The fourth-order valence-corrected chi connectivity index (χ4v) is 3.48. The van der Waals surface area contributed by atoms with Crippen LogP contribution >= 0.6 is 24.0 Å². The Morgan fingerprint density at radius 1 is 1.17 bits per heavy atom. The number of nitrogens with zero attached hydrogens (tertiary/aromatic N) is 2. The minimum atomic E-state index is 0. The Morgan fingerprint density at radius 3 is 2.62 bits per heavy atom. The van der Waals surface area contributed by atoms with Gasteiger partial charge >= 0.3 is 0 Å². The number of methoxy groups -OCH3 is 2. The molecule has 158 valence electrons. The lowest BCUT2D eigenvalue weighted by molar-refractivity contribution is -0.00833. The van der Waals surface area contributed by atoms with E-state index < -0.39 is 0 Å². The number of guanidine groups is 1. The van der Waals surface area contributed by atoms with Gasteiger partial charge in [-0.2, -0.15) is 0 Å². The maximum atomic E-state index is 6.03. The lowest BCUT2D eigenvalue weighted by Gasteiger charge is -2.35. The van der Waals surface area contributed by atoms with Gasteiger partial charge in [-0.15, -0.1) is 24.0 Å². The number of halogens is 1. The van der Waals surface area contributed by atoms with E-state index in [-0.39, 0.29) is 30.1 Å². The highest BCUT2D eigenvalue weighted by Gasteiger charge is 2.25. The Kier molecular flexibility index (Phi) is 9.03. The average molecular weight is 511 g/mol. The Bertz CT molecular complexity index is 829. The van der Waals surface area contributed by atoms with E-state index in [1.165, 1.54) is 11.1 Å². The van der Waals surface area contributed by atoms with E-state index in [1.54, 1.807) is 14.2 Å². The number of benzene rings is 2. The summed E-state index contributed by atoms with van der Waals surface area (Å²) in [5.74, 6) is 2.32. The van der Waals surface area contributed by atoms with Crippen LogP contribution in [0, 0.1) is 6.92 Å². The number of morpholine rings is 1. The summed E-state index contributed by atoms with van der Waals surface area (Å²) >= 11 is 0. The first kappa shape index (κ1) is 23.3. The Morgan fingerprint density at radius 2 is 1.93 bits per heavy atom. The molecular weight excluding hydrogens is 481 g/mol. The summed E-state index contributed by atoms with van der Waals surface area (Å²) in [6, 6.07) is 14.3. The molecule has 1 fully saturated rings. The van der Waals surface area contributed by atoms with Crippen molar-refractivity contribution in [1.29, 1.82) is 0 Å². The van der Waals surface area contributed by atoms with Gasteiger partial charge in [-0.05, 0) is 35.7 Å². The van der Waals surface area contributed by atoms with E-state index in [0.717, 1.165) is 36.1 Å². The lowest BCUT2D eigenvalue weighted by atomic mass is 10.0. The monoisotopic (exact) mass is 511 g/mol. The van der Waals surface area contributed by atoms with Crippen LogP contribution in [0.4, 0.5) is 0 Å². The molecule has 6 nitrogen and oxygen atoms in total. The van der Waals surface area contributed by atoms with E-state index in [2.05, 4.69) is 46.4 Å². The summed E-state index contributed by atoms with van der Waals surface area (Å²) < 4.78 is 16.7. The number of hydrogen-bond acceptors (Lipinski definition) is 4. The highest BCUT2D eigenvalue weighted by atomic mass is 127. The van der Waals surface area contributed by atoms with Crippen LogP contribution in [-0.2, 0) is 11.3 Å². The van der Waals surface area contributed by atoms with E-state index in [4.69, 9.17) is 14.2 Å². The van der Waals surface area contributed by atoms with Crippen molar-refractivity contribution < 1.29 is 14.2 Å². The van der Waals surface area contributed by atoms with Gasteiger partial charge in [0, 0.05) is 20.1 Å². The van der Waals surface area contributed by atoms with Crippen LogP contribution in [0.15, 0.2) is 47.5 Å². The van der Waals surface area contributed by atoms with Gasteiger partial charge in [0.1, 0.15) is 6.10 Å². The molecule has 2 aromatic rings. The topological polar surface area (TPSA) is 55.3 Å². The van der Waals surface area contributed by atoms with Crippen LogP contribution in [0.25, 0.3) is 0 Å². The van der Waals surface area contributed by atoms with Crippen molar-refractivity contribution in [2.75, 3.05) is 41.0 Å². The van der Waals surface area contributed by atoms with E-state index >= 15 is 0 Å². The van der Waals surface area contributed by atoms with Crippen LogP contribution in [0.2, 0.25) is 0 Å². The third-order valence-corrected chi connectivity index (χ3v) is 5.01. The second-order valence-corrected chi connectivity index (χ2v) is 6.75. The smallest absolute Gasteiger partial charge is 0.194 e. The zero-order valence-corrected chi connectivity index (χ0v) is 19.8. The van der Waals surface area contributed by atoms with Crippen molar-refractivity contribution in [3.8, 4) is 11.5 Å². The van der Waals surface area contributed by atoms with Crippen molar-refractivity contribution in [1.82, 2.24) is 10.2 Å². The van der Waals surface area contributed by atoms with Crippen molar-refractivity contribution >= 4 is 29.9 Å². The van der Waals surface area contributed by atoms with Gasteiger partial charge in [-0.1, -0.05) is 30.3 Å². The Balaban J connectivity index is 0.00000300.